The molecule has 0 bridgehead atoms. The molecule has 168 valence electrons. The van der Waals surface area contributed by atoms with Crippen molar-refractivity contribution in [2.45, 2.75) is 12.1 Å². The number of halogens is 2. The molecule has 1 aromatic carbocycles. The minimum atomic E-state index is -0.101. The SMILES string of the molecule is COc1cc(OC)c(Cl)c(Nc2ncccc2-c2cc(N[C@@H]3COC[C@@H]3N)ncn2)c1Cl. The van der Waals surface area contributed by atoms with Crippen LogP contribution in [0.3, 0.4) is 0 Å². The number of hydrogen-bond acceptors (Lipinski definition) is 9. The molecule has 32 heavy (non-hydrogen) atoms. The number of pyridine rings is 1. The second kappa shape index (κ2) is 9.74. The van der Waals surface area contributed by atoms with Crippen molar-refractivity contribution in [3.05, 3.63) is 46.8 Å². The van der Waals surface area contributed by atoms with E-state index in [1.54, 1.807) is 12.3 Å². The number of anilines is 3. The number of hydrogen-bond donors (Lipinski definition) is 3. The predicted molar refractivity (Wildman–Crippen MR) is 124 cm³/mol. The Bertz CT molecular complexity index is 1090. The third kappa shape index (κ3) is 4.51. The van der Waals surface area contributed by atoms with Crippen LogP contribution >= 0.6 is 23.2 Å². The maximum atomic E-state index is 6.51. The largest absolute Gasteiger partial charge is 0.495 e. The van der Waals surface area contributed by atoms with Crippen LogP contribution < -0.4 is 25.8 Å². The van der Waals surface area contributed by atoms with Gasteiger partial charge in [-0.15, -0.1) is 0 Å². The van der Waals surface area contributed by atoms with E-state index in [2.05, 4.69) is 25.6 Å². The molecule has 11 heteroatoms. The molecule has 4 rings (SSSR count). The maximum Gasteiger partial charge on any atom is 0.143 e. The molecule has 0 unspecified atom stereocenters. The molecule has 9 nitrogen and oxygen atoms in total. The van der Waals surface area contributed by atoms with Gasteiger partial charge in [-0.25, -0.2) is 15.0 Å². The first-order valence-corrected chi connectivity index (χ1v) is 10.5. The second-order valence-corrected chi connectivity index (χ2v) is 7.81. The first-order valence-electron chi connectivity index (χ1n) is 9.76. The van der Waals surface area contributed by atoms with Gasteiger partial charge in [-0.2, -0.15) is 0 Å². The normalized spacial score (nSPS) is 17.8. The van der Waals surface area contributed by atoms with Gasteiger partial charge in [0.05, 0.1) is 50.9 Å². The van der Waals surface area contributed by atoms with Crippen LogP contribution in [0.1, 0.15) is 0 Å². The lowest BCUT2D eigenvalue weighted by molar-refractivity contribution is 0.192. The minimum Gasteiger partial charge on any atom is -0.495 e. The van der Waals surface area contributed by atoms with E-state index in [0.29, 0.717) is 57.8 Å². The van der Waals surface area contributed by atoms with Gasteiger partial charge in [0.15, 0.2) is 0 Å². The summed E-state index contributed by atoms with van der Waals surface area (Å²) in [7, 11) is 3.03. The summed E-state index contributed by atoms with van der Waals surface area (Å²) in [5.74, 6) is 1.96. The smallest absolute Gasteiger partial charge is 0.143 e. The number of aromatic nitrogens is 3. The fraction of sp³-hybridized carbons (Fsp3) is 0.286. The van der Waals surface area contributed by atoms with Crippen LogP contribution in [0.5, 0.6) is 11.5 Å². The van der Waals surface area contributed by atoms with E-state index in [1.165, 1.54) is 20.5 Å². The van der Waals surface area contributed by atoms with Gasteiger partial charge in [-0.1, -0.05) is 23.2 Å². The van der Waals surface area contributed by atoms with Gasteiger partial charge in [0.1, 0.15) is 39.5 Å². The Morgan fingerprint density at radius 1 is 1.06 bits per heavy atom. The van der Waals surface area contributed by atoms with Crippen LogP contribution in [-0.2, 0) is 4.74 Å². The van der Waals surface area contributed by atoms with Gasteiger partial charge in [-0.3, -0.25) is 0 Å². The fourth-order valence-electron chi connectivity index (χ4n) is 3.32. The summed E-state index contributed by atoms with van der Waals surface area (Å²) in [6.07, 6.45) is 3.13. The highest BCUT2D eigenvalue weighted by atomic mass is 35.5. The average Bonchev–Trinajstić information content (AvgIpc) is 3.21. The van der Waals surface area contributed by atoms with Crippen LogP contribution in [-0.4, -0.2) is 54.5 Å². The van der Waals surface area contributed by atoms with Crippen LogP contribution in [0.2, 0.25) is 10.0 Å². The predicted octanol–water partition coefficient (Wildman–Crippen LogP) is 3.74. The summed E-state index contributed by atoms with van der Waals surface area (Å²) in [6.45, 7) is 1.03. The Morgan fingerprint density at radius 3 is 2.47 bits per heavy atom. The molecule has 1 aliphatic heterocycles. The molecule has 2 atom stereocenters. The van der Waals surface area contributed by atoms with Crippen molar-refractivity contribution in [1.29, 1.82) is 0 Å². The van der Waals surface area contributed by atoms with E-state index in [-0.39, 0.29) is 12.1 Å². The average molecular weight is 477 g/mol. The number of ether oxygens (including phenoxy) is 3. The van der Waals surface area contributed by atoms with Crippen molar-refractivity contribution in [2.24, 2.45) is 5.73 Å². The van der Waals surface area contributed by atoms with Gasteiger partial charge >= 0.3 is 0 Å². The van der Waals surface area contributed by atoms with Crippen LogP contribution in [0, 0.1) is 0 Å². The Labute approximate surface area is 195 Å². The van der Waals surface area contributed by atoms with Crippen molar-refractivity contribution in [1.82, 2.24) is 15.0 Å². The van der Waals surface area contributed by atoms with Gasteiger partial charge in [0.2, 0.25) is 0 Å². The second-order valence-electron chi connectivity index (χ2n) is 7.05. The van der Waals surface area contributed by atoms with Crippen LogP contribution in [0.15, 0.2) is 36.8 Å². The molecular formula is C21H22Cl2N6O3. The molecule has 0 aliphatic carbocycles. The Morgan fingerprint density at radius 2 is 1.81 bits per heavy atom. The minimum absolute atomic E-state index is 0.0221. The van der Waals surface area contributed by atoms with Crippen molar-refractivity contribution >= 4 is 40.5 Å². The van der Waals surface area contributed by atoms with Crippen molar-refractivity contribution in [2.75, 3.05) is 38.1 Å². The van der Waals surface area contributed by atoms with Crippen molar-refractivity contribution in [3.8, 4) is 22.8 Å². The highest BCUT2D eigenvalue weighted by Crippen LogP contribution is 2.45. The van der Waals surface area contributed by atoms with Crippen LogP contribution in [0.25, 0.3) is 11.3 Å². The van der Waals surface area contributed by atoms with Gasteiger partial charge in [-0.05, 0) is 12.1 Å². The third-order valence-electron chi connectivity index (χ3n) is 5.03. The number of rotatable bonds is 7. The molecule has 3 heterocycles. The van der Waals surface area contributed by atoms with E-state index in [0.717, 1.165) is 5.56 Å². The molecule has 0 amide bonds. The standard InChI is InChI=1S/C21H22Cl2N6O3/c1-30-15-7-16(31-2)19(23)20(18(15)22)29-21-11(4-3-5-25-21)13-6-17(27-10-26-13)28-14-9-32-8-12(14)24/h3-7,10,12,14H,8-9,24H2,1-2H3,(H,25,29)(H,26,27,28)/t12-,14+/m0/s1. The summed E-state index contributed by atoms with van der Waals surface area (Å²) in [4.78, 5) is 13.2. The Kier molecular flexibility index (Phi) is 6.80. The summed E-state index contributed by atoms with van der Waals surface area (Å²) in [5, 5.41) is 7.10. The van der Waals surface area contributed by atoms with E-state index < -0.39 is 0 Å². The molecule has 0 spiro atoms. The fourth-order valence-corrected chi connectivity index (χ4v) is 3.91. The Hall–Kier alpha value is -2.85. The number of methoxy groups -OCH3 is 2. The van der Waals surface area contributed by atoms with Gasteiger partial charge in [0.25, 0.3) is 0 Å². The highest BCUT2D eigenvalue weighted by Gasteiger charge is 2.25. The highest BCUT2D eigenvalue weighted by molar-refractivity contribution is 6.41. The number of nitrogens with two attached hydrogens (primary N) is 1. The lowest BCUT2D eigenvalue weighted by Crippen LogP contribution is -2.39. The number of nitrogens with zero attached hydrogens (tertiary/aromatic N) is 3. The molecule has 0 saturated carbocycles. The number of nitrogens with one attached hydrogen (secondary N) is 2. The van der Waals surface area contributed by atoms with Gasteiger partial charge < -0.3 is 30.6 Å². The molecule has 1 saturated heterocycles. The molecule has 2 aromatic heterocycles. The van der Waals surface area contributed by atoms with Crippen molar-refractivity contribution < 1.29 is 14.2 Å². The first-order chi connectivity index (χ1) is 15.5. The maximum absolute atomic E-state index is 6.51. The Balaban J connectivity index is 1.69. The molecule has 1 aliphatic rings. The number of benzene rings is 1. The third-order valence-corrected chi connectivity index (χ3v) is 5.78. The van der Waals surface area contributed by atoms with E-state index in [4.69, 9.17) is 43.1 Å². The molecule has 3 aromatic rings. The lowest BCUT2D eigenvalue weighted by Gasteiger charge is -2.18. The summed E-state index contributed by atoms with van der Waals surface area (Å²) >= 11 is 13.0. The summed E-state index contributed by atoms with van der Waals surface area (Å²) in [5.41, 5.74) is 7.84. The zero-order valence-corrected chi connectivity index (χ0v) is 18.9. The molecule has 4 N–H and O–H groups in total. The topological polar surface area (TPSA) is 116 Å². The molecule has 1 fully saturated rings. The lowest BCUT2D eigenvalue weighted by atomic mass is 10.1. The van der Waals surface area contributed by atoms with E-state index >= 15 is 0 Å². The monoisotopic (exact) mass is 476 g/mol. The van der Waals surface area contributed by atoms with Crippen molar-refractivity contribution in [3.63, 3.8) is 0 Å². The zero-order chi connectivity index (χ0) is 22.7. The first kappa shape index (κ1) is 22.3. The van der Waals surface area contributed by atoms with Crippen LogP contribution in [0.4, 0.5) is 17.3 Å². The van der Waals surface area contributed by atoms with Gasteiger partial charge in [0, 0.05) is 23.9 Å². The zero-order valence-electron chi connectivity index (χ0n) is 17.4. The van der Waals surface area contributed by atoms with E-state index in [1.807, 2.05) is 18.2 Å². The summed E-state index contributed by atoms with van der Waals surface area (Å²) in [6, 6.07) is 7.01. The molecular weight excluding hydrogens is 455 g/mol. The summed E-state index contributed by atoms with van der Waals surface area (Å²) < 4.78 is 16.1. The molecule has 0 radical (unpaired) electrons. The quantitative estimate of drug-likeness (QED) is 0.468. The van der Waals surface area contributed by atoms with E-state index in [9.17, 15) is 0 Å².